The molecule has 3 rings (SSSR count). The molecule has 1 fully saturated rings. The Bertz CT molecular complexity index is 2790. The lowest BCUT2D eigenvalue weighted by Gasteiger charge is -2.30. The molecule has 14 atom stereocenters. The van der Waals surface area contributed by atoms with Crippen molar-refractivity contribution in [3.05, 3.63) is 36.0 Å². The maximum Gasteiger partial charge on any atom is 0.245 e. The normalized spacial score (nSPS) is 17.5. The van der Waals surface area contributed by atoms with Crippen LogP contribution in [0.5, 0.6) is 0 Å². The number of thiol groups is 2. The third kappa shape index (κ3) is 23.9. The first-order valence-corrected chi connectivity index (χ1v) is 31.1. The molecule has 0 radical (unpaired) electrons. The first kappa shape index (κ1) is 77.1. The summed E-state index contributed by atoms with van der Waals surface area (Å²) in [6, 6.07) is -8.66. The van der Waals surface area contributed by atoms with Gasteiger partial charge in [0.2, 0.25) is 70.9 Å². The number of carbonyl (C=O) groups is 12. The van der Waals surface area contributed by atoms with Crippen LogP contribution in [-0.2, 0) is 64.0 Å². The molecule has 2 aromatic rings. The van der Waals surface area contributed by atoms with E-state index in [1.54, 1.807) is 58.2 Å². The Balaban J connectivity index is 1.78. The number of hydrogen-bond donors (Lipinski definition) is 20. The molecule has 1 saturated heterocycles. The van der Waals surface area contributed by atoms with Gasteiger partial charge in [-0.1, -0.05) is 45.9 Å². The number of fused-ring (bicyclic) bond motifs is 1. The summed E-state index contributed by atoms with van der Waals surface area (Å²) >= 11 is 8.25. The second kappa shape index (κ2) is 37.9. The maximum atomic E-state index is 14.2. The van der Waals surface area contributed by atoms with Gasteiger partial charge in [0.15, 0.2) is 0 Å². The number of nitrogens with two attached hydrogens (primary N) is 3. The van der Waals surface area contributed by atoms with Crippen LogP contribution < -0.4 is 70.4 Å². The Kier molecular flexibility index (Phi) is 32.5. The van der Waals surface area contributed by atoms with Gasteiger partial charge in [-0.05, 0) is 95.7 Å². The number of H-pyrrole nitrogens is 1. The first-order chi connectivity index (χ1) is 42.4. The van der Waals surface area contributed by atoms with Crippen molar-refractivity contribution in [2.75, 3.05) is 37.7 Å². The summed E-state index contributed by atoms with van der Waals surface area (Å²) in [7, 11) is 0. The molecule has 1 aromatic heterocycles. The highest BCUT2D eigenvalue weighted by Gasteiger charge is 2.40. The van der Waals surface area contributed by atoms with Crippen molar-refractivity contribution in [2.24, 2.45) is 29.0 Å². The van der Waals surface area contributed by atoms with Crippen molar-refractivity contribution in [2.45, 2.75) is 185 Å². The highest BCUT2D eigenvalue weighted by Crippen LogP contribution is 2.21. The van der Waals surface area contributed by atoms with Gasteiger partial charge in [0.25, 0.3) is 0 Å². The molecule has 0 unspecified atom stereocenters. The van der Waals surface area contributed by atoms with Crippen molar-refractivity contribution in [1.29, 1.82) is 0 Å². The number of nitrogens with zero attached hydrogens (tertiary/aromatic N) is 1. The monoisotopic (exact) mass is 1310 g/mol. The number of unbranched alkanes of at least 4 members (excludes halogenated alkanes) is 1. The van der Waals surface area contributed by atoms with E-state index < -0.39 is 169 Å². The Morgan fingerprint density at radius 2 is 1.06 bits per heavy atom. The standard InChI is InChI=1S/C57H93N15O16S2/c1-27(2)19-37(50(81)69-44(29(5)74)55(86)65-38(20-28(3)4)51(82)70-46(31(7)76)57(88)68-40(25-89)52(83)63-36(47(60)78)15-10-11-17-58)64-54(85)42-16-12-18-72(42)43(77)23-62-49(80)39(21-32-22-61-35-14-9-8-13-33(32)35)66-56(87)45(30(6)75)71-53(84)41(26-90)67-48(79)34(59)24-73/h8-9,13-14,22,27-31,34,36-42,44-46,61,73-76,89-90H,10-12,15-21,23-26,58-59H2,1-7H3,(H2,60,78)(H,62,80)(H,63,83)(H,64,85)(H,65,86)(H,66,87)(H,67,79)(H,68,88)(H,69,81)(H,70,82)(H,71,84)/t29-,30-,31-,34+,36+,37+,38+,39+,40+,41+,42+,44+,45+,46+/m1/s1. The van der Waals surface area contributed by atoms with Crippen molar-refractivity contribution in [3.63, 3.8) is 0 Å². The number of rotatable bonds is 38. The van der Waals surface area contributed by atoms with Gasteiger partial charge in [-0.25, -0.2) is 0 Å². The number of aliphatic hydroxyl groups excluding tert-OH is 4. The minimum Gasteiger partial charge on any atom is -0.394 e. The molecule has 90 heavy (non-hydrogen) atoms. The summed E-state index contributed by atoms with van der Waals surface area (Å²) in [6.45, 7) is 9.51. The quantitative estimate of drug-likeness (QED) is 0.0220. The van der Waals surface area contributed by atoms with Crippen LogP contribution in [-0.4, -0.2) is 224 Å². The molecule has 0 saturated carbocycles. The van der Waals surface area contributed by atoms with E-state index in [4.69, 9.17) is 17.2 Å². The number of aromatic nitrogens is 1. The van der Waals surface area contributed by atoms with Crippen LogP contribution in [0.15, 0.2) is 30.5 Å². The molecule has 1 aromatic carbocycles. The van der Waals surface area contributed by atoms with E-state index in [1.807, 2.05) is 0 Å². The van der Waals surface area contributed by atoms with Crippen LogP contribution in [0, 0.1) is 11.8 Å². The molecule has 2 heterocycles. The highest BCUT2D eigenvalue weighted by atomic mass is 32.1. The van der Waals surface area contributed by atoms with Gasteiger partial charge in [0.05, 0.1) is 31.5 Å². The predicted molar refractivity (Wildman–Crippen MR) is 336 cm³/mol. The highest BCUT2D eigenvalue weighted by molar-refractivity contribution is 7.80. The number of para-hydroxylation sites is 1. The average Bonchev–Trinajstić information content (AvgIpc) is 1.84. The van der Waals surface area contributed by atoms with Gasteiger partial charge in [-0.3, -0.25) is 57.5 Å². The Hall–Kier alpha value is -7.14. The zero-order valence-corrected chi connectivity index (χ0v) is 53.6. The summed E-state index contributed by atoms with van der Waals surface area (Å²) in [5.41, 5.74) is 17.8. The van der Waals surface area contributed by atoms with E-state index in [1.165, 1.54) is 25.7 Å². The summed E-state index contributed by atoms with van der Waals surface area (Å²) in [5.74, 6) is -11.9. The van der Waals surface area contributed by atoms with E-state index in [9.17, 15) is 78.0 Å². The van der Waals surface area contributed by atoms with Gasteiger partial charge in [0.1, 0.15) is 66.5 Å². The molecule has 12 amide bonds. The maximum absolute atomic E-state index is 14.2. The molecule has 1 aliphatic rings. The number of carbonyl (C=O) groups excluding carboxylic acids is 12. The average molecular weight is 1310 g/mol. The molecule has 504 valence electrons. The fraction of sp³-hybridized carbons (Fsp3) is 0.649. The van der Waals surface area contributed by atoms with Crippen molar-refractivity contribution >= 4 is 107 Å². The summed E-state index contributed by atoms with van der Waals surface area (Å²) in [6.07, 6.45) is -1.69. The van der Waals surface area contributed by atoms with Crippen LogP contribution >= 0.6 is 25.3 Å². The first-order valence-electron chi connectivity index (χ1n) is 29.9. The molecular formula is C57H93N15O16S2. The molecule has 1 aliphatic heterocycles. The Labute approximate surface area is 533 Å². The fourth-order valence-electron chi connectivity index (χ4n) is 9.69. The molecular weight excluding hydrogens is 1210 g/mol. The molecule has 33 heteroatoms. The van der Waals surface area contributed by atoms with Gasteiger partial charge in [0, 0.05) is 41.6 Å². The smallest absolute Gasteiger partial charge is 0.245 e. The molecule has 0 bridgehead atoms. The van der Waals surface area contributed by atoms with Gasteiger partial charge in [-0.2, -0.15) is 25.3 Å². The zero-order chi connectivity index (χ0) is 67.7. The molecule has 31 nitrogen and oxygen atoms in total. The summed E-state index contributed by atoms with van der Waals surface area (Å²) in [5, 5.41) is 66.9. The van der Waals surface area contributed by atoms with Crippen molar-refractivity contribution in [1.82, 2.24) is 63.1 Å². The number of amides is 12. The number of aromatic amines is 1. The van der Waals surface area contributed by atoms with Crippen LogP contribution in [0.1, 0.15) is 99.0 Å². The predicted octanol–water partition coefficient (Wildman–Crippen LogP) is -5.79. The number of primary amides is 1. The molecule has 0 spiro atoms. The third-order valence-corrected chi connectivity index (χ3v) is 15.4. The number of nitrogens with one attached hydrogen (secondary N) is 11. The second-order valence-electron chi connectivity index (χ2n) is 23.2. The lowest BCUT2D eigenvalue weighted by atomic mass is 10.00. The topological polar surface area (TPSA) is 503 Å². The van der Waals surface area contributed by atoms with Gasteiger partial charge >= 0.3 is 0 Å². The van der Waals surface area contributed by atoms with Crippen molar-refractivity contribution in [3.8, 4) is 0 Å². The lowest BCUT2D eigenvalue weighted by molar-refractivity contribution is -0.140. The fourth-order valence-corrected chi connectivity index (χ4v) is 10.2. The van der Waals surface area contributed by atoms with Gasteiger partial charge < -0.3 is 101 Å². The minimum absolute atomic E-state index is 0.00528. The van der Waals surface area contributed by atoms with Crippen LogP contribution in [0.25, 0.3) is 10.9 Å². The zero-order valence-electron chi connectivity index (χ0n) is 51.8. The van der Waals surface area contributed by atoms with Crippen molar-refractivity contribution < 1.29 is 78.0 Å². The van der Waals surface area contributed by atoms with Gasteiger partial charge in [-0.15, -0.1) is 0 Å². The van der Waals surface area contributed by atoms with Crippen LogP contribution in [0.2, 0.25) is 0 Å². The molecule has 0 aliphatic carbocycles. The second-order valence-corrected chi connectivity index (χ2v) is 23.9. The number of likely N-dealkylation sites (tertiary alicyclic amines) is 1. The third-order valence-electron chi connectivity index (χ3n) is 14.7. The number of hydrogen-bond acceptors (Lipinski definition) is 20. The Morgan fingerprint density at radius 1 is 0.600 bits per heavy atom. The minimum atomic E-state index is -1.74. The SMILES string of the molecule is CC(C)C[C@H](NC(=O)[C@@H](NC(=O)[C@H](CC(C)C)NC(=O)[C@@H]1CCCN1C(=O)CNC(=O)[C@H](Cc1c[nH]c2ccccc12)NC(=O)[C@@H](NC(=O)[C@H](CS)NC(=O)[C@@H](N)CO)[C@@H](C)O)[C@@H](C)O)C(=O)N[C@H](C(=O)N[C@@H](CS)C(=O)N[C@@H](CCCCN)C(N)=O)[C@@H](C)O. The lowest BCUT2D eigenvalue weighted by Crippen LogP contribution is -2.63. The van der Waals surface area contributed by atoms with E-state index in [-0.39, 0.29) is 62.0 Å². The number of aliphatic hydroxyl groups is 4. The van der Waals surface area contributed by atoms with E-state index >= 15 is 0 Å². The van der Waals surface area contributed by atoms with E-state index in [0.717, 1.165) is 0 Å². The summed E-state index contributed by atoms with van der Waals surface area (Å²) in [4.78, 5) is 167. The van der Waals surface area contributed by atoms with E-state index in [2.05, 4.69) is 83.4 Å². The van der Waals surface area contributed by atoms with E-state index in [0.29, 0.717) is 42.3 Å². The van der Waals surface area contributed by atoms with Crippen LogP contribution in [0.4, 0.5) is 0 Å². The van der Waals surface area contributed by atoms with Crippen LogP contribution in [0.3, 0.4) is 0 Å². The molecule has 21 N–H and O–H groups in total. The largest absolute Gasteiger partial charge is 0.394 e. The Morgan fingerprint density at radius 3 is 1.53 bits per heavy atom. The number of benzene rings is 1. The summed E-state index contributed by atoms with van der Waals surface area (Å²) < 4.78 is 0.